The molecule has 0 aliphatic carbocycles. The van der Waals surface area contributed by atoms with Gasteiger partial charge in [-0.1, -0.05) is 6.07 Å². The lowest BCUT2D eigenvalue weighted by atomic mass is 10.1. The van der Waals surface area contributed by atoms with E-state index in [1.165, 1.54) is 0 Å². The summed E-state index contributed by atoms with van der Waals surface area (Å²) in [5.41, 5.74) is 19.0. The Labute approximate surface area is 66.2 Å². The molecule has 0 spiro atoms. The average molecular weight is 151 g/mol. The number of nitrogens with two attached hydrogens (primary N) is 3. The molecule has 0 radical (unpaired) electrons. The average Bonchev–Trinajstić information content (AvgIpc) is 1.94. The van der Waals surface area contributed by atoms with Crippen molar-refractivity contribution >= 4 is 11.4 Å². The van der Waals surface area contributed by atoms with Gasteiger partial charge in [-0.05, 0) is 24.6 Å². The zero-order valence-electron chi connectivity index (χ0n) is 6.54. The van der Waals surface area contributed by atoms with Crippen LogP contribution in [0.4, 0.5) is 11.4 Å². The normalized spacial score (nSPS) is 12.9. The maximum Gasteiger partial charge on any atom is 0.0551 e. The zero-order valence-corrected chi connectivity index (χ0v) is 6.54. The van der Waals surface area contributed by atoms with Crippen molar-refractivity contribution in [2.75, 3.05) is 11.5 Å². The number of nitrogen functional groups attached to an aromatic ring is 2. The van der Waals surface area contributed by atoms with Crippen LogP contribution >= 0.6 is 0 Å². The van der Waals surface area contributed by atoms with E-state index in [4.69, 9.17) is 17.2 Å². The highest BCUT2D eigenvalue weighted by atomic mass is 14.7. The van der Waals surface area contributed by atoms with E-state index >= 15 is 0 Å². The van der Waals surface area contributed by atoms with Crippen LogP contribution in [0, 0.1) is 0 Å². The predicted molar refractivity (Wildman–Crippen MR) is 47.9 cm³/mol. The number of anilines is 2. The maximum absolute atomic E-state index is 5.64. The fourth-order valence-electron chi connectivity index (χ4n) is 0.876. The van der Waals surface area contributed by atoms with Gasteiger partial charge in [-0.25, -0.2) is 0 Å². The van der Waals surface area contributed by atoms with Gasteiger partial charge >= 0.3 is 0 Å². The first-order chi connectivity index (χ1) is 5.11. The summed E-state index contributed by atoms with van der Waals surface area (Å²) in [4.78, 5) is 0. The quantitative estimate of drug-likeness (QED) is 0.521. The molecule has 3 nitrogen and oxygen atoms in total. The maximum atomic E-state index is 5.64. The SMILES string of the molecule is CC(N)c1ccc(N)c(N)c1. The van der Waals surface area contributed by atoms with Crippen LogP contribution in [-0.2, 0) is 0 Å². The van der Waals surface area contributed by atoms with Crippen LogP contribution in [0.1, 0.15) is 18.5 Å². The summed E-state index contributed by atoms with van der Waals surface area (Å²) in [5, 5.41) is 0. The highest BCUT2D eigenvalue weighted by Gasteiger charge is 2.00. The van der Waals surface area contributed by atoms with Gasteiger partial charge in [0.05, 0.1) is 11.4 Å². The van der Waals surface area contributed by atoms with Crippen molar-refractivity contribution in [2.24, 2.45) is 5.73 Å². The second kappa shape index (κ2) is 2.80. The van der Waals surface area contributed by atoms with Gasteiger partial charge in [0.2, 0.25) is 0 Å². The Bertz CT molecular complexity index is 256. The summed E-state index contributed by atoms with van der Waals surface area (Å²) in [7, 11) is 0. The molecule has 1 aromatic carbocycles. The number of hydrogen-bond donors (Lipinski definition) is 3. The lowest BCUT2D eigenvalue weighted by Gasteiger charge is -2.07. The summed E-state index contributed by atoms with van der Waals surface area (Å²) in [6.45, 7) is 1.91. The minimum absolute atomic E-state index is 0.0119. The molecule has 1 aromatic rings. The summed E-state index contributed by atoms with van der Waals surface area (Å²) in [6, 6.07) is 5.47. The molecule has 6 N–H and O–H groups in total. The van der Waals surface area contributed by atoms with Crippen LogP contribution in [0.2, 0.25) is 0 Å². The van der Waals surface area contributed by atoms with Crippen molar-refractivity contribution in [1.29, 1.82) is 0 Å². The largest absolute Gasteiger partial charge is 0.397 e. The lowest BCUT2D eigenvalue weighted by Crippen LogP contribution is -2.06. The van der Waals surface area contributed by atoms with Crippen molar-refractivity contribution in [3.8, 4) is 0 Å². The van der Waals surface area contributed by atoms with Crippen LogP contribution in [0.25, 0.3) is 0 Å². The highest BCUT2D eigenvalue weighted by Crippen LogP contribution is 2.19. The van der Waals surface area contributed by atoms with E-state index in [2.05, 4.69) is 0 Å². The molecular formula is C8H13N3. The van der Waals surface area contributed by atoms with Gasteiger partial charge in [0.25, 0.3) is 0 Å². The molecule has 1 unspecified atom stereocenters. The van der Waals surface area contributed by atoms with Crippen molar-refractivity contribution in [3.63, 3.8) is 0 Å². The molecule has 0 bridgehead atoms. The van der Waals surface area contributed by atoms with Crippen molar-refractivity contribution in [1.82, 2.24) is 0 Å². The van der Waals surface area contributed by atoms with Crippen molar-refractivity contribution < 1.29 is 0 Å². The number of benzene rings is 1. The Morgan fingerprint density at radius 2 is 1.82 bits per heavy atom. The molecule has 60 valence electrons. The molecule has 0 saturated carbocycles. The molecule has 0 fully saturated rings. The summed E-state index contributed by atoms with van der Waals surface area (Å²) < 4.78 is 0. The molecule has 3 heteroatoms. The van der Waals surface area contributed by atoms with E-state index in [-0.39, 0.29) is 6.04 Å². The Hall–Kier alpha value is -1.22. The fraction of sp³-hybridized carbons (Fsp3) is 0.250. The van der Waals surface area contributed by atoms with Gasteiger partial charge in [-0.3, -0.25) is 0 Å². The van der Waals surface area contributed by atoms with Gasteiger partial charge in [0.1, 0.15) is 0 Å². The number of hydrogen-bond acceptors (Lipinski definition) is 3. The van der Waals surface area contributed by atoms with E-state index in [9.17, 15) is 0 Å². The van der Waals surface area contributed by atoms with E-state index in [0.29, 0.717) is 11.4 Å². The van der Waals surface area contributed by atoms with Crippen molar-refractivity contribution in [2.45, 2.75) is 13.0 Å². The molecule has 0 aliphatic rings. The first-order valence-electron chi connectivity index (χ1n) is 3.51. The van der Waals surface area contributed by atoms with Crippen LogP contribution in [0.3, 0.4) is 0 Å². The molecular weight excluding hydrogens is 138 g/mol. The summed E-state index contributed by atoms with van der Waals surface area (Å²) >= 11 is 0. The Morgan fingerprint density at radius 1 is 1.18 bits per heavy atom. The molecule has 1 atom stereocenters. The Balaban J connectivity index is 3.05. The third-order valence-corrected chi connectivity index (χ3v) is 1.64. The lowest BCUT2D eigenvalue weighted by molar-refractivity contribution is 0.819. The molecule has 11 heavy (non-hydrogen) atoms. The van der Waals surface area contributed by atoms with E-state index in [1.807, 2.05) is 13.0 Å². The van der Waals surface area contributed by atoms with Gasteiger partial charge in [-0.2, -0.15) is 0 Å². The second-order valence-electron chi connectivity index (χ2n) is 2.68. The third kappa shape index (κ3) is 1.62. The smallest absolute Gasteiger partial charge is 0.0551 e. The standard InChI is InChI=1S/C8H13N3/c1-5(9)6-2-3-7(10)8(11)4-6/h2-5H,9-11H2,1H3. The monoisotopic (exact) mass is 151 g/mol. The zero-order chi connectivity index (χ0) is 8.43. The number of rotatable bonds is 1. The minimum Gasteiger partial charge on any atom is -0.397 e. The van der Waals surface area contributed by atoms with Crippen LogP contribution in [-0.4, -0.2) is 0 Å². The Morgan fingerprint density at radius 3 is 2.27 bits per heavy atom. The fourth-order valence-corrected chi connectivity index (χ4v) is 0.876. The van der Waals surface area contributed by atoms with Crippen LogP contribution < -0.4 is 17.2 Å². The molecule has 0 aromatic heterocycles. The molecule has 0 aliphatic heterocycles. The van der Waals surface area contributed by atoms with E-state index < -0.39 is 0 Å². The van der Waals surface area contributed by atoms with E-state index in [0.717, 1.165) is 5.56 Å². The Kier molecular flexibility index (Phi) is 2.01. The van der Waals surface area contributed by atoms with Gasteiger partial charge in [0.15, 0.2) is 0 Å². The van der Waals surface area contributed by atoms with Gasteiger partial charge < -0.3 is 17.2 Å². The van der Waals surface area contributed by atoms with Crippen molar-refractivity contribution in [3.05, 3.63) is 23.8 Å². The third-order valence-electron chi connectivity index (χ3n) is 1.64. The van der Waals surface area contributed by atoms with Crippen LogP contribution in [0.15, 0.2) is 18.2 Å². The second-order valence-corrected chi connectivity index (χ2v) is 2.68. The van der Waals surface area contributed by atoms with Crippen LogP contribution in [0.5, 0.6) is 0 Å². The first kappa shape index (κ1) is 7.88. The van der Waals surface area contributed by atoms with Gasteiger partial charge in [-0.15, -0.1) is 0 Å². The van der Waals surface area contributed by atoms with Gasteiger partial charge in [0, 0.05) is 6.04 Å². The molecule has 0 amide bonds. The predicted octanol–water partition coefficient (Wildman–Crippen LogP) is 0.871. The minimum atomic E-state index is 0.0119. The topological polar surface area (TPSA) is 78.1 Å². The summed E-state index contributed by atoms with van der Waals surface area (Å²) in [5.74, 6) is 0. The molecule has 0 saturated heterocycles. The molecule has 1 rings (SSSR count). The summed E-state index contributed by atoms with van der Waals surface area (Å²) in [6.07, 6.45) is 0. The van der Waals surface area contributed by atoms with E-state index in [1.54, 1.807) is 12.1 Å². The highest BCUT2D eigenvalue weighted by molar-refractivity contribution is 5.64. The molecule has 0 heterocycles. The first-order valence-corrected chi connectivity index (χ1v) is 3.51.